The molecule has 128 valence electrons. The second kappa shape index (κ2) is 5.28. The first kappa shape index (κ1) is 15.8. The number of halogens is 3. The highest BCUT2D eigenvalue weighted by Crippen LogP contribution is 2.56. The molecule has 0 aliphatic carbocycles. The van der Waals surface area contributed by atoms with Crippen molar-refractivity contribution in [2.24, 2.45) is 10.7 Å². The summed E-state index contributed by atoms with van der Waals surface area (Å²) < 4.78 is 21.3. The van der Waals surface area contributed by atoms with Crippen molar-refractivity contribution in [1.82, 2.24) is 4.98 Å². The van der Waals surface area contributed by atoms with E-state index in [4.69, 9.17) is 27.1 Å². The van der Waals surface area contributed by atoms with Gasteiger partial charge in [-0.15, -0.1) is 0 Å². The van der Waals surface area contributed by atoms with Crippen LogP contribution in [-0.2, 0) is 5.54 Å². The molecule has 0 bridgehead atoms. The smallest absolute Gasteiger partial charge is 0.257 e. The summed E-state index contributed by atoms with van der Waals surface area (Å²) in [4.78, 5) is 8.49. The average Bonchev–Trinajstić information content (AvgIpc) is 2.91. The third-order valence-corrected chi connectivity index (χ3v) is 5.40. The van der Waals surface area contributed by atoms with Crippen molar-refractivity contribution in [3.63, 3.8) is 0 Å². The van der Waals surface area contributed by atoms with Crippen molar-refractivity contribution in [3.05, 3.63) is 86.4 Å². The fraction of sp³-hybridized carbons (Fsp3) is 0.0526. The Morgan fingerprint density at radius 1 is 1.08 bits per heavy atom. The molecule has 26 heavy (non-hydrogen) atoms. The van der Waals surface area contributed by atoms with Crippen LogP contribution in [-0.4, -0.2) is 10.8 Å². The second-order valence-corrected chi connectivity index (χ2v) is 7.41. The Labute approximate surface area is 161 Å². The molecule has 0 fully saturated rings. The van der Waals surface area contributed by atoms with Crippen LogP contribution >= 0.6 is 27.5 Å². The summed E-state index contributed by atoms with van der Waals surface area (Å²) in [7, 11) is 0. The fourth-order valence-corrected chi connectivity index (χ4v) is 4.25. The SMILES string of the molecule is NC1=NC2(c3cc(Br)ccc3Oc3c2cc(Cl)nc3F)c2ccccc21. The van der Waals surface area contributed by atoms with Gasteiger partial charge in [0.15, 0.2) is 5.75 Å². The Hall–Kier alpha value is -2.44. The van der Waals surface area contributed by atoms with Gasteiger partial charge in [-0.2, -0.15) is 4.39 Å². The number of aromatic nitrogens is 1. The van der Waals surface area contributed by atoms with Crippen LogP contribution in [0, 0.1) is 5.95 Å². The van der Waals surface area contributed by atoms with E-state index in [0.717, 1.165) is 21.2 Å². The number of aliphatic imine (C=N–C) groups is 1. The normalized spacial score (nSPS) is 19.4. The van der Waals surface area contributed by atoms with Gasteiger partial charge in [0.2, 0.25) is 0 Å². The first-order valence-electron chi connectivity index (χ1n) is 7.80. The quantitative estimate of drug-likeness (QED) is 0.523. The predicted octanol–water partition coefficient (Wildman–Crippen LogP) is 4.75. The van der Waals surface area contributed by atoms with Gasteiger partial charge in [-0.05, 0) is 29.8 Å². The topological polar surface area (TPSA) is 60.5 Å². The highest BCUT2D eigenvalue weighted by Gasteiger charge is 2.50. The maximum Gasteiger partial charge on any atom is 0.257 e. The van der Waals surface area contributed by atoms with E-state index in [1.807, 2.05) is 36.4 Å². The van der Waals surface area contributed by atoms with Crippen LogP contribution in [0.2, 0.25) is 5.15 Å². The van der Waals surface area contributed by atoms with Crippen LogP contribution in [0.4, 0.5) is 4.39 Å². The van der Waals surface area contributed by atoms with Crippen molar-refractivity contribution in [2.45, 2.75) is 5.54 Å². The molecular weight excluding hydrogens is 421 g/mol. The first-order chi connectivity index (χ1) is 12.5. The second-order valence-electron chi connectivity index (χ2n) is 6.11. The van der Waals surface area contributed by atoms with Gasteiger partial charge in [0.05, 0.1) is 0 Å². The Bertz CT molecular complexity index is 1130. The van der Waals surface area contributed by atoms with Crippen molar-refractivity contribution in [3.8, 4) is 11.5 Å². The van der Waals surface area contributed by atoms with E-state index in [2.05, 4.69) is 20.9 Å². The maximum atomic E-state index is 14.6. The summed E-state index contributed by atoms with van der Waals surface area (Å²) in [6, 6.07) is 14.7. The van der Waals surface area contributed by atoms with Crippen molar-refractivity contribution in [1.29, 1.82) is 0 Å². The van der Waals surface area contributed by atoms with Gasteiger partial charge in [0.1, 0.15) is 22.3 Å². The monoisotopic (exact) mass is 429 g/mol. The van der Waals surface area contributed by atoms with Crippen molar-refractivity contribution in [2.75, 3.05) is 0 Å². The zero-order valence-electron chi connectivity index (χ0n) is 13.1. The Morgan fingerprint density at radius 2 is 1.88 bits per heavy atom. The summed E-state index contributed by atoms with van der Waals surface area (Å²) >= 11 is 9.57. The number of benzene rings is 2. The number of amidine groups is 1. The molecular formula is C19H10BrClFN3O. The number of fused-ring (bicyclic) bond motifs is 6. The highest BCUT2D eigenvalue weighted by atomic mass is 79.9. The summed E-state index contributed by atoms with van der Waals surface area (Å²) in [5, 5.41) is 0.0285. The molecule has 1 spiro atoms. The van der Waals surface area contributed by atoms with Crippen LogP contribution in [0.1, 0.15) is 22.3 Å². The van der Waals surface area contributed by atoms with E-state index in [-0.39, 0.29) is 10.9 Å². The van der Waals surface area contributed by atoms with Crippen LogP contribution in [0.5, 0.6) is 11.5 Å². The largest absolute Gasteiger partial charge is 0.452 e. The minimum Gasteiger partial charge on any atom is -0.452 e. The lowest BCUT2D eigenvalue weighted by molar-refractivity contribution is 0.385. The zero-order valence-corrected chi connectivity index (χ0v) is 15.5. The van der Waals surface area contributed by atoms with Crippen LogP contribution in [0.15, 0.2) is 58.0 Å². The minimum absolute atomic E-state index is 0.0116. The van der Waals surface area contributed by atoms with Crippen molar-refractivity contribution < 1.29 is 9.13 Å². The van der Waals surface area contributed by atoms with E-state index >= 15 is 0 Å². The fourth-order valence-electron chi connectivity index (χ4n) is 3.70. The number of pyridine rings is 1. The molecule has 1 aromatic heterocycles. The maximum absolute atomic E-state index is 14.6. The molecule has 3 heterocycles. The van der Waals surface area contributed by atoms with E-state index in [9.17, 15) is 4.39 Å². The number of rotatable bonds is 0. The molecule has 7 heteroatoms. The van der Waals surface area contributed by atoms with E-state index in [0.29, 0.717) is 17.1 Å². The van der Waals surface area contributed by atoms with E-state index in [1.54, 1.807) is 12.1 Å². The van der Waals surface area contributed by atoms with Gasteiger partial charge in [-0.25, -0.2) is 9.98 Å². The van der Waals surface area contributed by atoms with Gasteiger partial charge in [0, 0.05) is 21.2 Å². The van der Waals surface area contributed by atoms with Crippen LogP contribution in [0.3, 0.4) is 0 Å². The van der Waals surface area contributed by atoms with Crippen molar-refractivity contribution >= 4 is 33.4 Å². The highest BCUT2D eigenvalue weighted by molar-refractivity contribution is 9.10. The summed E-state index contributed by atoms with van der Waals surface area (Å²) in [5.41, 5.74) is 8.09. The lowest BCUT2D eigenvalue weighted by atomic mass is 9.76. The lowest BCUT2D eigenvalue weighted by Gasteiger charge is -2.35. The molecule has 0 radical (unpaired) electrons. The Balaban J connectivity index is 1.97. The van der Waals surface area contributed by atoms with Gasteiger partial charge < -0.3 is 10.5 Å². The van der Waals surface area contributed by atoms with E-state index in [1.165, 1.54) is 0 Å². The standard InChI is InChI=1S/C19H10BrClFN3O/c20-9-5-6-14-12(7-9)19(11-4-2-1-3-10(11)18(23)25-19)13-8-15(21)24-17(22)16(13)26-14/h1-8H,(H2,23,25). The first-order valence-corrected chi connectivity index (χ1v) is 8.97. The Morgan fingerprint density at radius 3 is 2.73 bits per heavy atom. The molecule has 0 saturated carbocycles. The third-order valence-electron chi connectivity index (χ3n) is 4.71. The molecule has 3 aromatic rings. The molecule has 1 unspecified atom stereocenters. The number of hydrogen-bond acceptors (Lipinski definition) is 4. The predicted molar refractivity (Wildman–Crippen MR) is 100 cm³/mol. The third kappa shape index (κ3) is 1.94. The molecule has 5 rings (SSSR count). The average molecular weight is 431 g/mol. The van der Waals surface area contributed by atoms with Crippen LogP contribution in [0.25, 0.3) is 0 Å². The summed E-state index contributed by atoms with van der Waals surface area (Å²) in [6.07, 6.45) is 0. The number of ether oxygens (including phenoxy) is 1. The van der Waals surface area contributed by atoms with Gasteiger partial charge in [-0.3, -0.25) is 0 Å². The molecule has 0 saturated heterocycles. The molecule has 1 atom stereocenters. The molecule has 2 aliphatic heterocycles. The van der Waals surface area contributed by atoms with Crippen LogP contribution < -0.4 is 10.5 Å². The molecule has 0 amide bonds. The van der Waals surface area contributed by atoms with E-state index < -0.39 is 11.5 Å². The lowest BCUT2D eigenvalue weighted by Crippen LogP contribution is -2.30. The molecule has 4 nitrogen and oxygen atoms in total. The summed E-state index contributed by atoms with van der Waals surface area (Å²) in [5.74, 6) is 0.112. The zero-order chi connectivity index (χ0) is 18.1. The number of nitrogens with zero attached hydrogens (tertiary/aromatic N) is 2. The van der Waals surface area contributed by atoms with Gasteiger partial charge in [0.25, 0.3) is 5.95 Å². The molecule has 2 N–H and O–H groups in total. The minimum atomic E-state index is -1.04. The Kier molecular flexibility index (Phi) is 3.21. The molecule has 2 aliphatic rings. The summed E-state index contributed by atoms with van der Waals surface area (Å²) in [6.45, 7) is 0. The molecule has 2 aromatic carbocycles. The van der Waals surface area contributed by atoms with Gasteiger partial charge in [-0.1, -0.05) is 51.8 Å². The number of nitrogens with two attached hydrogens (primary N) is 1. The number of hydrogen-bond donors (Lipinski definition) is 1. The van der Waals surface area contributed by atoms with Gasteiger partial charge >= 0.3 is 0 Å².